The van der Waals surface area contributed by atoms with Gasteiger partial charge >= 0.3 is 0 Å². The van der Waals surface area contributed by atoms with Crippen molar-refractivity contribution in [3.63, 3.8) is 0 Å². The average Bonchev–Trinajstić information content (AvgIpc) is 2.72. The third-order valence-corrected chi connectivity index (χ3v) is 3.47. The molecule has 0 amide bonds. The van der Waals surface area contributed by atoms with Gasteiger partial charge in [-0.15, -0.1) is 0 Å². The Balaban J connectivity index is 1.68. The van der Waals surface area contributed by atoms with E-state index in [-0.39, 0.29) is 0 Å². The van der Waals surface area contributed by atoms with Crippen LogP contribution in [0.15, 0.2) is 16.8 Å². The molecular weight excluding hydrogens is 164 g/mol. The topological polar surface area (TPSA) is 38.1 Å². The third kappa shape index (κ3) is 1.10. The first kappa shape index (κ1) is 7.56. The van der Waals surface area contributed by atoms with Crippen LogP contribution in [0, 0.1) is 0 Å². The highest BCUT2D eigenvalue weighted by atomic mass is 16.5. The van der Waals surface area contributed by atoms with Crippen molar-refractivity contribution in [2.75, 3.05) is 6.54 Å². The van der Waals surface area contributed by atoms with Crippen molar-refractivity contribution < 1.29 is 4.52 Å². The zero-order chi connectivity index (χ0) is 8.73. The lowest BCUT2D eigenvalue weighted by Gasteiger charge is -2.44. The van der Waals surface area contributed by atoms with Crippen LogP contribution in [-0.2, 0) is 0 Å². The van der Waals surface area contributed by atoms with Gasteiger partial charge in [-0.3, -0.25) is 0 Å². The zero-order valence-corrected chi connectivity index (χ0v) is 7.62. The first-order valence-corrected chi connectivity index (χ1v) is 5.04. The predicted octanol–water partition coefficient (Wildman–Crippen LogP) is 1.67. The number of hydrogen-bond donors (Lipinski definition) is 1. The molecule has 1 saturated carbocycles. The molecule has 2 aliphatic rings. The van der Waals surface area contributed by atoms with Crippen LogP contribution in [0.3, 0.4) is 0 Å². The summed E-state index contributed by atoms with van der Waals surface area (Å²) in [7, 11) is 0. The van der Waals surface area contributed by atoms with E-state index in [2.05, 4.69) is 10.5 Å². The van der Waals surface area contributed by atoms with Crippen molar-refractivity contribution >= 4 is 0 Å². The largest absolute Gasteiger partial charge is 0.361 e. The minimum atomic E-state index is 0.470. The number of rotatable bonds is 1. The lowest BCUT2D eigenvalue weighted by molar-refractivity contribution is 0.153. The first-order valence-electron chi connectivity index (χ1n) is 5.04. The Morgan fingerprint density at radius 3 is 3.08 bits per heavy atom. The molecule has 70 valence electrons. The van der Waals surface area contributed by atoms with Gasteiger partial charge in [-0.2, -0.15) is 0 Å². The van der Waals surface area contributed by atoms with Gasteiger partial charge in [0.15, 0.2) is 0 Å². The predicted molar refractivity (Wildman–Crippen MR) is 48.4 cm³/mol. The van der Waals surface area contributed by atoms with E-state index in [4.69, 9.17) is 4.52 Å². The molecule has 2 heterocycles. The van der Waals surface area contributed by atoms with E-state index in [1.807, 2.05) is 6.07 Å². The van der Waals surface area contributed by atoms with Crippen molar-refractivity contribution in [2.45, 2.75) is 37.1 Å². The highest BCUT2D eigenvalue weighted by Gasteiger charge is 2.47. The maximum atomic E-state index is 5.16. The van der Waals surface area contributed by atoms with Crippen LogP contribution >= 0.6 is 0 Å². The second-order valence-electron chi connectivity index (χ2n) is 4.33. The maximum absolute atomic E-state index is 5.16. The molecule has 1 aromatic rings. The molecule has 1 N–H and O–H groups in total. The van der Waals surface area contributed by atoms with Crippen LogP contribution in [0.25, 0.3) is 0 Å². The van der Waals surface area contributed by atoms with E-state index >= 15 is 0 Å². The summed E-state index contributed by atoms with van der Waals surface area (Å²) in [6.45, 7) is 1.20. The van der Waals surface area contributed by atoms with Crippen LogP contribution < -0.4 is 5.32 Å². The summed E-state index contributed by atoms with van der Waals surface area (Å²) in [4.78, 5) is 0. The number of aromatic nitrogens is 1. The molecular formula is C10H14N2O. The highest BCUT2D eigenvalue weighted by Crippen LogP contribution is 2.48. The van der Waals surface area contributed by atoms with Gasteiger partial charge < -0.3 is 9.84 Å². The second kappa shape index (κ2) is 2.58. The molecule has 0 radical (unpaired) electrons. The van der Waals surface area contributed by atoms with Crippen molar-refractivity contribution in [1.29, 1.82) is 0 Å². The van der Waals surface area contributed by atoms with Gasteiger partial charge in [-0.1, -0.05) is 5.16 Å². The normalized spacial score (nSPS) is 38.0. The Labute approximate surface area is 77.5 Å². The van der Waals surface area contributed by atoms with Crippen LogP contribution in [-0.4, -0.2) is 17.2 Å². The lowest BCUT2D eigenvalue weighted by Crippen LogP contribution is -2.50. The molecule has 1 aliphatic carbocycles. The molecule has 2 fully saturated rings. The van der Waals surface area contributed by atoms with Gasteiger partial charge in [0.1, 0.15) is 5.76 Å². The Hall–Kier alpha value is -0.830. The van der Waals surface area contributed by atoms with Crippen molar-refractivity contribution in [2.24, 2.45) is 0 Å². The van der Waals surface area contributed by atoms with E-state index in [9.17, 15) is 0 Å². The number of hydrogen-bond acceptors (Lipinski definition) is 3. The van der Waals surface area contributed by atoms with Gasteiger partial charge in [-0.05, 0) is 32.2 Å². The summed E-state index contributed by atoms with van der Waals surface area (Å²) in [5.74, 6) is 1.69. The smallest absolute Gasteiger partial charge is 0.139 e. The molecule has 3 nitrogen and oxygen atoms in total. The number of nitrogens with one attached hydrogen (secondary N) is 1. The fourth-order valence-electron chi connectivity index (χ4n) is 2.74. The van der Waals surface area contributed by atoms with E-state index in [0.29, 0.717) is 11.5 Å². The van der Waals surface area contributed by atoms with E-state index in [1.54, 1.807) is 6.20 Å². The highest BCUT2D eigenvalue weighted by molar-refractivity contribution is 5.16. The molecule has 3 rings (SSSR count). The van der Waals surface area contributed by atoms with Gasteiger partial charge in [0.05, 0.1) is 6.20 Å². The molecule has 13 heavy (non-hydrogen) atoms. The zero-order valence-electron chi connectivity index (χ0n) is 7.62. The molecule has 0 unspecified atom stereocenters. The molecule has 1 aliphatic heterocycles. The molecule has 3 heteroatoms. The molecule has 0 atom stereocenters. The van der Waals surface area contributed by atoms with E-state index < -0.39 is 0 Å². The fourth-order valence-corrected chi connectivity index (χ4v) is 2.74. The average molecular weight is 178 g/mol. The Morgan fingerprint density at radius 1 is 1.54 bits per heavy atom. The monoisotopic (exact) mass is 178 g/mol. The van der Waals surface area contributed by atoms with Crippen molar-refractivity contribution in [3.8, 4) is 0 Å². The second-order valence-corrected chi connectivity index (χ2v) is 4.33. The van der Waals surface area contributed by atoms with Gasteiger partial charge in [0.25, 0.3) is 0 Å². The summed E-state index contributed by atoms with van der Waals surface area (Å²) in [5, 5.41) is 7.34. The van der Waals surface area contributed by atoms with Gasteiger partial charge in [-0.25, -0.2) is 0 Å². The molecule has 1 saturated heterocycles. The minimum Gasteiger partial charge on any atom is -0.361 e. The summed E-state index contributed by atoms with van der Waals surface area (Å²) < 4.78 is 5.16. The van der Waals surface area contributed by atoms with Crippen LogP contribution in [0.1, 0.15) is 37.4 Å². The van der Waals surface area contributed by atoms with Crippen LogP contribution in [0.4, 0.5) is 0 Å². The lowest BCUT2D eigenvalue weighted by atomic mass is 9.66. The summed E-state index contributed by atoms with van der Waals surface area (Å²) >= 11 is 0. The van der Waals surface area contributed by atoms with Crippen molar-refractivity contribution in [3.05, 3.63) is 18.0 Å². The number of nitrogens with zero attached hydrogens (tertiary/aromatic N) is 1. The summed E-state index contributed by atoms with van der Waals surface area (Å²) in [6, 6.07) is 1.99. The van der Waals surface area contributed by atoms with Crippen molar-refractivity contribution in [1.82, 2.24) is 10.5 Å². The summed E-state index contributed by atoms with van der Waals surface area (Å²) in [5.41, 5.74) is 0.470. The Kier molecular flexibility index (Phi) is 1.50. The molecule has 0 aromatic carbocycles. The third-order valence-electron chi connectivity index (χ3n) is 3.47. The molecule has 0 bridgehead atoms. The van der Waals surface area contributed by atoms with Gasteiger partial charge in [0.2, 0.25) is 0 Å². The quantitative estimate of drug-likeness (QED) is 0.711. The Bertz CT molecular complexity index is 280. The molecule has 1 aromatic heterocycles. The maximum Gasteiger partial charge on any atom is 0.139 e. The van der Waals surface area contributed by atoms with Gasteiger partial charge in [0, 0.05) is 17.5 Å². The molecule has 1 spiro atoms. The standard InChI is InChI=1S/C10H14N2O/c1-3-10(11-4-1)6-8(7-10)9-2-5-12-13-9/h2,5,8,11H,1,3-4,6-7H2. The fraction of sp³-hybridized carbons (Fsp3) is 0.700. The first-order chi connectivity index (χ1) is 6.38. The SMILES string of the molecule is c1cc(C2CC3(CCCN3)C2)on1. The summed E-state index contributed by atoms with van der Waals surface area (Å²) in [6.07, 6.45) is 6.90. The van der Waals surface area contributed by atoms with Crippen LogP contribution in [0.2, 0.25) is 0 Å². The van der Waals surface area contributed by atoms with E-state index in [1.165, 1.54) is 32.2 Å². The van der Waals surface area contributed by atoms with E-state index in [0.717, 1.165) is 5.76 Å². The minimum absolute atomic E-state index is 0.470. The Morgan fingerprint density at radius 2 is 2.46 bits per heavy atom. The van der Waals surface area contributed by atoms with Crippen LogP contribution in [0.5, 0.6) is 0 Å².